The first kappa shape index (κ1) is 12.2. The fourth-order valence-corrected chi connectivity index (χ4v) is 3.82. The smallest absolute Gasteiger partial charge is 0.0660 e. The van der Waals surface area contributed by atoms with Crippen molar-refractivity contribution < 1.29 is 0 Å². The van der Waals surface area contributed by atoms with Crippen molar-refractivity contribution in [2.45, 2.75) is 38.5 Å². The van der Waals surface area contributed by atoms with Crippen molar-refractivity contribution in [2.24, 2.45) is 5.41 Å². The number of anilines is 2. The molecule has 2 aliphatic rings. The second-order valence-electron chi connectivity index (χ2n) is 5.98. The summed E-state index contributed by atoms with van der Waals surface area (Å²) in [4.78, 5) is 2.41. The first-order chi connectivity index (χ1) is 8.69. The van der Waals surface area contributed by atoms with E-state index in [1.54, 1.807) is 0 Å². The second-order valence-corrected chi connectivity index (χ2v) is 6.39. The number of nitrogens with zero attached hydrogens (tertiary/aromatic N) is 1. The minimum absolute atomic E-state index is 0.585. The standard InChI is InChI=1S/C15H21ClN2/c16-13-9-12(17)5-6-14(13)18-10-15(11-18)7-3-1-2-4-8-15/h5-6,9H,1-4,7-8,10-11,17H2. The Morgan fingerprint density at radius 3 is 2.33 bits per heavy atom. The van der Waals surface area contributed by atoms with Gasteiger partial charge in [-0.05, 0) is 31.0 Å². The van der Waals surface area contributed by atoms with Crippen LogP contribution in [0.15, 0.2) is 18.2 Å². The molecule has 1 spiro atoms. The Labute approximate surface area is 114 Å². The summed E-state index contributed by atoms with van der Waals surface area (Å²) >= 11 is 6.27. The van der Waals surface area contributed by atoms with Gasteiger partial charge in [-0.1, -0.05) is 37.3 Å². The Morgan fingerprint density at radius 2 is 1.72 bits per heavy atom. The van der Waals surface area contributed by atoms with Crippen LogP contribution in [0.2, 0.25) is 5.02 Å². The molecule has 2 nitrogen and oxygen atoms in total. The van der Waals surface area contributed by atoms with Crippen LogP contribution >= 0.6 is 11.6 Å². The molecule has 0 unspecified atom stereocenters. The van der Waals surface area contributed by atoms with Gasteiger partial charge in [0, 0.05) is 24.2 Å². The predicted octanol–water partition coefficient (Wildman–Crippen LogP) is 4.08. The number of halogens is 1. The van der Waals surface area contributed by atoms with Gasteiger partial charge in [-0.3, -0.25) is 0 Å². The molecule has 0 radical (unpaired) electrons. The molecule has 2 N–H and O–H groups in total. The lowest BCUT2D eigenvalue weighted by Gasteiger charge is -2.52. The normalized spacial score (nSPS) is 22.6. The van der Waals surface area contributed by atoms with Crippen molar-refractivity contribution >= 4 is 23.0 Å². The molecule has 1 saturated carbocycles. The van der Waals surface area contributed by atoms with Crippen LogP contribution in [-0.2, 0) is 0 Å². The Balaban J connectivity index is 1.70. The van der Waals surface area contributed by atoms with Crippen LogP contribution in [0.3, 0.4) is 0 Å². The highest BCUT2D eigenvalue weighted by molar-refractivity contribution is 6.33. The third kappa shape index (κ3) is 2.18. The van der Waals surface area contributed by atoms with Crippen molar-refractivity contribution in [3.8, 4) is 0 Å². The molecule has 1 saturated heterocycles. The number of benzene rings is 1. The third-order valence-corrected chi connectivity index (χ3v) is 4.83. The maximum absolute atomic E-state index is 6.27. The molecule has 0 atom stereocenters. The van der Waals surface area contributed by atoms with Crippen LogP contribution in [-0.4, -0.2) is 13.1 Å². The van der Waals surface area contributed by atoms with Gasteiger partial charge >= 0.3 is 0 Å². The highest BCUT2D eigenvalue weighted by atomic mass is 35.5. The molecular formula is C15H21ClN2. The fraction of sp³-hybridized carbons (Fsp3) is 0.600. The molecule has 1 aromatic rings. The van der Waals surface area contributed by atoms with E-state index in [4.69, 9.17) is 17.3 Å². The molecule has 1 aromatic carbocycles. The zero-order chi connectivity index (χ0) is 12.6. The quantitative estimate of drug-likeness (QED) is 0.775. The van der Waals surface area contributed by atoms with Crippen LogP contribution < -0.4 is 10.6 Å². The first-order valence-electron chi connectivity index (χ1n) is 6.99. The number of rotatable bonds is 1. The van der Waals surface area contributed by atoms with E-state index in [0.717, 1.165) is 16.4 Å². The monoisotopic (exact) mass is 264 g/mol. The molecular weight excluding hydrogens is 244 g/mol. The van der Waals surface area contributed by atoms with E-state index in [0.29, 0.717) is 5.41 Å². The summed E-state index contributed by atoms with van der Waals surface area (Å²) in [6.07, 6.45) is 8.45. The summed E-state index contributed by atoms with van der Waals surface area (Å²) in [5, 5.41) is 0.790. The number of hydrogen-bond acceptors (Lipinski definition) is 2. The predicted molar refractivity (Wildman–Crippen MR) is 78.2 cm³/mol. The zero-order valence-corrected chi connectivity index (χ0v) is 11.5. The highest BCUT2D eigenvalue weighted by Crippen LogP contribution is 2.46. The molecule has 3 heteroatoms. The maximum Gasteiger partial charge on any atom is 0.0660 e. The van der Waals surface area contributed by atoms with Crippen LogP contribution in [0.25, 0.3) is 0 Å². The van der Waals surface area contributed by atoms with Crippen LogP contribution in [0.4, 0.5) is 11.4 Å². The van der Waals surface area contributed by atoms with Crippen molar-refractivity contribution in [2.75, 3.05) is 23.7 Å². The molecule has 98 valence electrons. The van der Waals surface area contributed by atoms with Crippen LogP contribution in [0.5, 0.6) is 0 Å². The van der Waals surface area contributed by atoms with Gasteiger partial charge in [-0.25, -0.2) is 0 Å². The van der Waals surface area contributed by atoms with E-state index < -0.39 is 0 Å². The molecule has 0 amide bonds. The van der Waals surface area contributed by atoms with Gasteiger partial charge in [0.1, 0.15) is 0 Å². The van der Waals surface area contributed by atoms with Gasteiger partial charge in [-0.2, -0.15) is 0 Å². The Bertz CT molecular complexity index is 428. The number of nitrogens with two attached hydrogens (primary N) is 1. The van der Waals surface area contributed by atoms with E-state index in [2.05, 4.69) is 11.0 Å². The first-order valence-corrected chi connectivity index (χ1v) is 7.36. The molecule has 1 aliphatic heterocycles. The summed E-state index contributed by atoms with van der Waals surface area (Å²) in [5.41, 5.74) is 8.22. The lowest BCUT2D eigenvalue weighted by atomic mass is 9.73. The van der Waals surface area contributed by atoms with Gasteiger partial charge in [-0.15, -0.1) is 0 Å². The second kappa shape index (κ2) is 4.65. The maximum atomic E-state index is 6.27. The molecule has 2 fully saturated rings. The lowest BCUT2D eigenvalue weighted by molar-refractivity contribution is 0.180. The van der Waals surface area contributed by atoms with E-state index in [1.807, 2.05) is 12.1 Å². The van der Waals surface area contributed by atoms with Crippen molar-refractivity contribution in [3.05, 3.63) is 23.2 Å². The SMILES string of the molecule is Nc1ccc(N2CC3(CCCCCC3)C2)c(Cl)c1. The van der Waals surface area contributed by atoms with Crippen molar-refractivity contribution in [1.29, 1.82) is 0 Å². The van der Waals surface area contributed by atoms with Gasteiger partial charge in [0.2, 0.25) is 0 Å². The average molecular weight is 265 g/mol. The molecule has 18 heavy (non-hydrogen) atoms. The van der Waals surface area contributed by atoms with Crippen LogP contribution in [0.1, 0.15) is 38.5 Å². The van der Waals surface area contributed by atoms with Crippen molar-refractivity contribution in [3.63, 3.8) is 0 Å². The zero-order valence-electron chi connectivity index (χ0n) is 10.8. The molecule has 0 aromatic heterocycles. The summed E-state index contributed by atoms with van der Waals surface area (Å²) in [5.74, 6) is 0. The topological polar surface area (TPSA) is 29.3 Å². The largest absolute Gasteiger partial charge is 0.399 e. The third-order valence-electron chi connectivity index (χ3n) is 4.53. The minimum Gasteiger partial charge on any atom is -0.399 e. The molecule has 1 aliphatic carbocycles. The van der Waals surface area contributed by atoms with Gasteiger partial charge in [0.15, 0.2) is 0 Å². The van der Waals surface area contributed by atoms with E-state index >= 15 is 0 Å². The van der Waals surface area contributed by atoms with E-state index in [1.165, 1.54) is 51.6 Å². The van der Waals surface area contributed by atoms with E-state index in [-0.39, 0.29) is 0 Å². The summed E-state index contributed by atoms with van der Waals surface area (Å²) in [7, 11) is 0. The summed E-state index contributed by atoms with van der Waals surface area (Å²) in [6.45, 7) is 2.35. The fourth-order valence-electron chi connectivity index (χ4n) is 3.51. The van der Waals surface area contributed by atoms with Gasteiger partial charge in [0.25, 0.3) is 0 Å². The number of nitrogen functional groups attached to an aromatic ring is 1. The molecule has 0 bridgehead atoms. The van der Waals surface area contributed by atoms with Gasteiger partial charge < -0.3 is 10.6 Å². The Hall–Kier alpha value is -0.890. The van der Waals surface area contributed by atoms with Gasteiger partial charge in [0.05, 0.1) is 10.7 Å². The number of hydrogen-bond donors (Lipinski definition) is 1. The Kier molecular flexibility index (Phi) is 3.14. The molecule has 3 rings (SSSR count). The highest BCUT2D eigenvalue weighted by Gasteiger charge is 2.42. The average Bonchev–Trinajstić information content (AvgIpc) is 2.53. The summed E-state index contributed by atoms with van der Waals surface area (Å²) in [6, 6.07) is 5.86. The Morgan fingerprint density at radius 1 is 1.06 bits per heavy atom. The van der Waals surface area contributed by atoms with Crippen LogP contribution in [0, 0.1) is 5.41 Å². The lowest BCUT2D eigenvalue weighted by Crippen LogP contribution is -2.56. The molecule has 1 heterocycles. The van der Waals surface area contributed by atoms with E-state index in [9.17, 15) is 0 Å². The van der Waals surface area contributed by atoms with Crippen molar-refractivity contribution in [1.82, 2.24) is 0 Å². The minimum atomic E-state index is 0.585. The summed E-state index contributed by atoms with van der Waals surface area (Å²) < 4.78 is 0.